The fourth-order valence-corrected chi connectivity index (χ4v) is 4.77. The van der Waals surface area contributed by atoms with Gasteiger partial charge in [-0.15, -0.1) is 0 Å². The first-order valence-corrected chi connectivity index (χ1v) is 11.2. The summed E-state index contributed by atoms with van der Waals surface area (Å²) in [5.74, 6) is 0.613. The van der Waals surface area contributed by atoms with Gasteiger partial charge in [-0.3, -0.25) is 9.59 Å². The Morgan fingerprint density at radius 3 is 2.39 bits per heavy atom. The third-order valence-corrected chi connectivity index (χ3v) is 6.63. The molecule has 31 heavy (non-hydrogen) atoms. The van der Waals surface area contributed by atoms with Crippen molar-refractivity contribution in [2.24, 2.45) is 5.92 Å². The number of ether oxygens (including phenoxy) is 3. The Balaban J connectivity index is 1.23. The number of carbonyl (C=O) groups is 2. The van der Waals surface area contributed by atoms with Gasteiger partial charge in [-0.2, -0.15) is 0 Å². The van der Waals surface area contributed by atoms with E-state index in [0.717, 1.165) is 25.7 Å². The van der Waals surface area contributed by atoms with Gasteiger partial charge in [-0.25, -0.2) is 4.39 Å². The van der Waals surface area contributed by atoms with Crippen molar-refractivity contribution in [2.75, 3.05) is 52.6 Å². The van der Waals surface area contributed by atoms with E-state index in [-0.39, 0.29) is 29.8 Å². The average Bonchev–Trinajstić information content (AvgIpc) is 2.80. The highest BCUT2D eigenvalue weighted by molar-refractivity contribution is 5.78. The molecule has 3 heterocycles. The average molecular weight is 435 g/mol. The molecule has 0 bridgehead atoms. The molecule has 4 rings (SSSR count). The minimum absolute atomic E-state index is 0.0594. The van der Waals surface area contributed by atoms with Gasteiger partial charge in [0.25, 0.3) is 5.91 Å². The lowest BCUT2D eigenvalue weighted by atomic mass is 9.78. The van der Waals surface area contributed by atoms with Crippen LogP contribution in [0.3, 0.4) is 0 Å². The van der Waals surface area contributed by atoms with E-state index in [1.54, 1.807) is 4.90 Å². The van der Waals surface area contributed by atoms with Gasteiger partial charge in [0.2, 0.25) is 5.91 Å². The second-order valence-corrected chi connectivity index (χ2v) is 8.71. The first kappa shape index (κ1) is 22.0. The van der Waals surface area contributed by atoms with Gasteiger partial charge in [-0.05, 0) is 55.9 Å². The van der Waals surface area contributed by atoms with Crippen LogP contribution < -0.4 is 4.74 Å². The molecule has 0 aliphatic carbocycles. The van der Waals surface area contributed by atoms with Crippen LogP contribution in [0, 0.1) is 11.7 Å². The van der Waals surface area contributed by atoms with Crippen LogP contribution in [-0.4, -0.2) is 79.8 Å². The second-order valence-electron chi connectivity index (χ2n) is 8.71. The molecule has 2 amide bonds. The molecule has 0 N–H and O–H groups in total. The summed E-state index contributed by atoms with van der Waals surface area (Å²) in [5, 5.41) is 0. The predicted octanol–water partition coefficient (Wildman–Crippen LogP) is 2.24. The molecule has 0 saturated carbocycles. The van der Waals surface area contributed by atoms with Crippen LogP contribution >= 0.6 is 0 Å². The van der Waals surface area contributed by atoms with Gasteiger partial charge in [0.1, 0.15) is 11.6 Å². The number of benzene rings is 1. The Morgan fingerprint density at radius 2 is 1.68 bits per heavy atom. The molecule has 1 spiro atoms. The molecule has 1 aromatic rings. The van der Waals surface area contributed by atoms with Crippen molar-refractivity contribution >= 4 is 11.8 Å². The maximum Gasteiger partial charge on any atom is 0.260 e. The van der Waals surface area contributed by atoms with Crippen molar-refractivity contribution in [3.05, 3.63) is 30.1 Å². The predicted molar refractivity (Wildman–Crippen MR) is 111 cm³/mol. The first-order valence-electron chi connectivity index (χ1n) is 11.2. The van der Waals surface area contributed by atoms with E-state index >= 15 is 0 Å². The Hall–Kier alpha value is -2.19. The molecule has 1 aromatic carbocycles. The Labute approximate surface area is 182 Å². The fraction of sp³-hybridized carbons (Fsp3) is 0.652. The number of rotatable bonds is 5. The number of morpholine rings is 1. The van der Waals surface area contributed by atoms with Crippen molar-refractivity contribution < 1.29 is 28.2 Å². The first-order chi connectivity index (χ1) is 15.0. The zero-order chi connectivity index (χ0) is 21.7. The van der Waals surface area contributed by atoms with E-state index < -0.39 is 0 Å². The largest absolute Gasteiger partial charge is 0.484 e. The van der Waals surface area contributed by atoms with Gasteiger partial charge in [0, 0.05) is 39.2 Å². The molecule has 0 aromatic heterocycles. The van der Waals surface area contributed by atoms with Gasteiger partial charge >= 0.3 is 0 Å². The molecule has 3 saturated heterocycles. The van der Waals surface area contributed by atoms with E-state index in [1.165, 1.54) is 24.3 Å². The van der Waals surface area contributed by atoms with E-state index in [2.05, 4.69) is 0 Å². The third kappa shape index (κ3) is 5.74. The maximum absolute atomic E-state index is 13.0. The van der Waals surface area contributed by atoms with Gasteiger partial charge < -0.3 is 24.0 Å². The Morgan fingerprint density at radius 1 is 1.00 bits per heavy atom. The minimum Gasteiger partial charge on any atom is -0.484 e. The summed E-state index contributed by atoms with van der Waals surface area (Å²) < 4.78 is 30.0. The zero-order valence-electron chi connectivity index (χ0n) is 17.9. The van der Waals surface area contributed by atoms with E-state index in [4.69, 9.17) is 14.2 Å². The molecular weight excluding hydrogens is 403 g/mol. The highest BCUT2D eigenvalue weighted by Crippen LogP contribution is 2.39. The SMILES string of the molecule is O=C(COc1ccc(F)cc1)N1CCC2(CC1)CC(CC(=O)N1CCOCC1)CCO2. The molecule has 1 unspecified atom stereocenters. The Bertz CT molecular complexity index is 758. The van der Waals surface area contributed by atoms with Crippen molar-refractivity contribution in [1.82, 2.24) is 9.80 Å². The normalized spacial score (nSPS) is 23.6. The summed E-state index contributed by atoms with van der Waals surface area (Å²) >= 11 is 0. The monoisotopic (exact) mass is 434 g/mol. The summed E-state index contributed by atoms with van der Waals surface area (Å²) in [6.07, 6.45) is 3.90. The van der Waals surface area contributed by atoms with Gasteiger partial charge in [0.05, 0.1) is 18.8 Å². The molecular formula is C23H31FN2O5. The number of nitrogens with zero attached hydrogens (tertiary/aromatic N) is 2. The third-order valence-electron chi connectivity index (χ3n) is 6.63. The number of amides is 2. The van der Waals surface area contributed by atoms with Gasteiger partial charge in [0.15, 0.2) is 6.61 Å². The maximum atomic E-state index is 13.0. The summed E-state index contributed by atoms with van der Waals surface area (Å²) in [7, 11) is 0. The number of carbonyl (C=O) groups excluding carboxylic acids is 2. The molecule has 0 radical (unpaired) electrons. The van der Waals surface area contributed by atoms with Crippen molar-refractivity contribution in [3.63, 3.8) is 0 Å². The van der Waals surface area contributed by atoms with Crippen LogP contribution in [-0.2, 0) is 19.1 Å². The quantitative estimate of drug-likeness (QED) is 0.711. The van der Waals surface area contributed by atoms with Crippen LogP contribution in [0.15, 0.2) is 24.3 Å². The second kappa shape index (κ2) is 9.96. The summed E-state index contributed by atoms with van der Waals surface area (Å²) in [5.41, 5.74) is -0.233. The fourth-order valence-electron chi connectivity index (χ4n) is 4.77. The molecule has 3 aliphatic rings. The van der Waals surface area contributed by atoms with Crippen molar-refractivity contribution in [2.45, 2.75) is 37.7 Å². The smallest absolute Gasteiger partial charge is 0.260 e. The number of piperidine rings is 1. The summed E-state index contributed by atoms with van der Waals surface area (Å²) in [6.45, 7) is 4.47. The minimum atomic E-state index is -0.336. The zero-order valence-corrected chi connectivity index (χ0v) is 17.9. The van der Waals surface area contributed by atoms with Crippen LogP contribution in [0.2, 0.25) is 0 Å². The van der Waals surface area contributed by atoms with Crippen LogP contribution in [0.5, 0.6) is 5.75 Å². The molecule has 7 nitrogen and oxygen atoms in total. The van der Waals surface area contributed by atoms with Gasteiger partial charge in [-0.1, -0.05) is 0 Å². The van der Waals surface area contributed by atoms with Crippen molar-refractivity contribution in [3.8, 4) is 5.75 Å². The van der Waals surface area contributed by atoms with E-state index in [0.29, 0.717) is 64.1 Å². The number of hydrogen-bond acceptors (Lipinski definition) is 5. The summed E-state index contributed by atoms with van der Waals surface area (Å²) in [4.78, 5) is 28.9. The molecule has 8 heteroatoms. The number of halogens is 1. The Kier molecular flexibility index (Phi) is 7.07. The standard InChI is InChI=1S/C23H31FN2O5/c24-19-1-3-20(4-2-19)30-17-22(28)25-8-6-23(7-9-25)16-18(5-12-31-23)15-21(27)26-10-13-29-14-11-26/h1-4,18H,5-17H2. The molecule has 1 atom stereocenters. The van der Waals surface area contributed by atoms with Crippen LogP contribution in [0.1, 0.15) is 32.1 Å². The highest BCUT2D eigenvalue weighted by Gasteiger charge is 2.41. The number of hydrogen-bond donors (Lipinski definition) is 0. The van der Waals surface area contributed by atoms with E-state index in [9.17, 15) is 14.0 Å². The van der Waals surface area contributed by atoms with Crippen LogP contribution in [0.25, 0.3) is 0 Å². The number of likely N-dealkylation sites (tertiary alicyclic amines) is 1. The molecule has 3 aliphatic heterocycles. The lowest BCUT2D eigenvalue weighted by molar-refractivity contribution is -0.151. The molecule has 170 valence electrons. The lowest BCUT2D eigenvalue weighted by Crippen LogP contribution is -2.52. The molecule has 3 fully saturated rings. The van der Waals surface area contributed by atoms with Crippen molar-refractivity contribution in [1.29, 1.82) is 0 Å². The topological polar surface area (TPSA) is 68.3 Å². The van der Waals surface area contributed by atoms with Crippen LogP contribution in [0.4, 0.5) is 4.39 Å². The summed E-state index contributed by atoms with van der Waals surface area (Å²) in [6, 6.07) is 5.65. The lowest BCUT2D eigenvalue weighted by Gasteiger charge is -2.46. The van der Waals surface area contributed by atoms with E-state index in [1.807, 2.05) is 4.90 Å². The highest BCUT2D eigenvalue weighted by atomic mass is 19.1.